The van der Waals surface area contributed by atoms with Crippen LogP contribution in [-0.4, -0.2) is 16.7 Å². The summed E-state index contributed by atoms with van der Waals surface area (Å²) in [5.41, 5.74) is 1.43. The highest BCUT2D eigenvalue weighted by Gasteiger charge is 2.10. The molecule has 18 heavy (non-hydrogen) atoms. The number of nitriles is 1. The van der Waals surface area contributed by atoms with Crippen LogP contribution in [0.5, 0.6) is 5.75 Å². The van der Waals surface area contributed by atoms with Gasteiger partial charge in [0.15, 0.2) is 0 Å². The number of aromatic nitrogens is 2. The Balaban J connectivity index is 2.54. The Morgan fingerprint density at radius 1 is 1.44 bits per heavy atom. The van der Waals surface area contributed by atoms with Crippen molar-refractivity contribution in [2.45, 2.75) is 19.8 Å². The molecule has 1 heterocycles. The molecule has 0 bridgehead atoms. The van der Waals surface area contributed by atoms with E-state index in [0.29, 0.717) is 5.56 Å². The summed E-state index contributed by atoms with van der Waals surface area (Å²) in [5.74, 6) is 1.70. The second-order valence-corrected chi connectivity index (χ2v) is 3.96. The van der Waals surface area contributed by atoms with Crippen LogP contribution in [0.1, 0.15) is 24.7 Å². The van der Waals surface area contributed by atoms with Gasteiger partial charge in [-0.3, -0.25) is 0 Å². The number of imidazole rings is 1. The van der Waals surface area contributed by atoms with Crippen molar-refractivity contribution in [3.63, 3.8) is 0 Å². The van der Waals surface area contributed by atoms with E-state index >= 15 is 0 Å². The summed E-state index contributed by atoms with van der Waals surface area (Å²) in [6.45, 7) is 2.11. The summed E-state index contributed by atoms with van der Waals surface area (Å²) in [5, 5.41) is 9.18. The average Bonchev–Trinajstić information content (AvgIpc) is 2.86. The lowest BCUT2D eigenvalue weighted by Crippen LogP contribution is -2.03. The molecule has 0 radical (unpaired) electrons. The number of hydrogen-bond acceptors (Lipinski definition) is 3. The van der Waals surface area contributed by atoms with E-state index in [1.54, 1.807) is 25.4 Å². The third kappa shape index (κ3) is 2.21. The Morgan fingerprint density at radius 3 is 2.94 bits per heavy atom. The first-order valence-corrected chi connectivity index (χ1v) is 5.91. The predicted octanol–water partition coefficient (Wildman–Crippen LogP) is 2.71. The zero-order valence-corrected chi connectivity index (χ0v) is 10.6. The molecule has 4 nitrogen and oxygen atoms in total. The highest BCUT2D eigenvalue weighted by molar-refractivity contribution is 5.53. The van der Waals surface area contributed by atoms with Crippen LogP contribution in [0.2, 0.25) is 0 Å². The molecule has 0 aliphatic carbocycles. The number of nitrogens with zero attached hydrogens (tertiary/aromatic N) is 3. The van der Waals surface area contributed by atoms with Gasteiger partial charge in [-0.2, -0.15) is 5.26 Å². The molecule has 2 rings (SSSR count). The molecule has 0 aliphatic rings. The average molecular weight is 241 g/mol. The summed E-state index contributed by atoms with van der Waals surface area (Å²) >= 11 is 0. The first-order valence-electron chi connectivity index (χ1n) is 5.91. The van der Waals surface area contributed by atoms with Crippen molar-refractivity contribution in [1.29, 1.82) is 5.26 Å². The monoisotopic (exact) mass is 241 g/mol. The van der Waals surface area contributed by atoms with Gasteiger partial charge in [-0.05, 0) is 18.6 Å². The van der Waals surface area contributed by atoms with E-state index in [4.69, 9.17) is 4.74 Å². The normalized spacial score (nSPS) is 10.1. The van der Waals surface area contributed by atoms with E-state index in [0.717, 1.165) is 30.1 Å². The lowest BCUT2D eigenvalue weighted by atomic mass is 10.1. The van der Waals surface area contributed by atoms with Crippen molar-refractivity contribution in [3.05, 3.63) is 42.0 Å². The van der Waals surface area contributed by atoms with Gasteiger partial charge >= 0.3 is 0 Å². The molecule has 0 aliphatic heterocycles. The Labute approximate surface area is 106 Å². The molecule has 0 atom stereocenters. The van der Waals surface area contributed by atoms with Crippen molar-refractivity contribution in [1.82, 2.24) is 9.55 Å². The van der Waals surface area contributed by atoms with Crippen LogP contribution < -0.4 is 4.74 Å². The van der Waals surface area contributed by atoms with Gasteiger partial charge in [0, 0.05) is 24.9 Å². The zero-order valence-electron chi connectivity index (χ0n) is 10.6. The summed E-state index contributed by atoms with van der Waals surface area (Å²) < 4.78 is 7.16. The fourth-order valence-corrected chi connectivity index (χ4v) is 1.89. The minimum absolute atomic E-state index is 0.617. The Bertz CT molecular complexity index is 581. The van der Waals surface area contributed by atoms with E-state index in [1.807, 2.05) is 16.8 Å². The van der Waals surface area contributed by atoms with Gasteiger partial charge in [0.1, 0.15) is 17.6 Å². The standard InChI is InChI=1S/C14H15N3O/c1-3-4-14-16-7-8-17(14)13-9-12(18-2)6-5-11(13)10-15/h5-9H,3-4H2,1-2H3. The lowest BCUT2D eigenvalue weighted by Gasteiger charge is -2.10. The second-order valence-electron chi connectivity index (χ2n) is 3.96. The molecule has 0 spiro atoms. The minimum Gasteiger partial charge on any atom is -0.497 e. The minimum atomic E-state index is 0.617. The topological polar surface area (TPSA) is 50.8 Å². The highest BCUT2D eigenvalue weighted by atomic mass is 16.5. The van der Waals surface area contributed by atoms with Crippen molar-refractivity contribution < 1.29 is 4.74 Å². The van der Waals surface area contributed by atoms with Crippen LogP contribution >= 0.6 is 0 Å². The first-order chi connectivity index (χ1) is 8.80. The summed E-state index contributed by atoms with van der Waals surface area (Å²) in [6.07, 6.45) is 5.53. The molecule has 0 N–H and O–H groups in total. The van der Waals surface area contributed by atoms with Gasteiger partial charge in [-0.1, -0.05) is 6.92 Å². The van der Waals surface area contributed by atoms with Crippen LogP contribution in [0.3, 0.4) is 0 Å². The zero-order chi connectivity index (χ0) is 13.0. The van der Waals surface area contributed by atoms with E-state index in [-0.39, 0.29) is 0 Å². The van der Waals surface area contributed by atoms with E-state index in [1.165, 1.54) is 0 Å². The van der Waals surface area contributed by atoms with Gasteiger partial charge < -0.3 is 9.30 Å². The van der Waals surface area contributed by atoms with Gasteiger partial charge in [0.2, 0.25) is 0 Å². The highest BCUT2D eigenvalue weighted by Crippen LogP contribution is 2.22. The van der Waals surface area contributed by atoms with Gasteiger partial charge in [-0.15, -0.1) is 0 Å². The molecular weight excluding hydrogens is 226 g/mol. The first kappa shape index (κ1) is 12.2. The third-order valence-corrected chi connectivity index (χ3v) is 2.78. The molecule has 1 aromatic heterocycles. The Hall–Kier alpha value is -2.28. The maximum Gasteiger partial charge on any atom is 0.121 e. The quantitative estimate of drug-likeness (QED) is 0.827. The van der Waals surface area contributed by atoms with Gasteiger partial charge in [-0.25, -0.2) is 4.98 Å². The number of benzene rings is 1. The van der Waals surface area contributed by atoms with Crippen LogP contribution in [0.15, 0.2) is 30.6 Å². The van der Waals surface area contributed by atoms with Crippen molar-refractivity contribution in [2.24, 2.45) is 0 Å². The molecule has 92 valence electrons. The number of methoxy groups -OCH3 is 1. The largest absolute Gasteiger partial charge is 0.497 e. The fourth-order valence-electron chi connectivity index (χ4n) is 1.89. The number of ether oxygens (including phenoxy) is 1. The summed E-state index contributed by atoms with van der Waals surface area (Å²) in [6, 6.07) is 7.62. The van der Waals surface area contributed by atoms with Crippen LogP contribution in [0.25, 0.3) is 5.69 Å². The Morgan fingerprint density at radius 2 is 2.28 bits per heavy atom. The van der Waals surface area contributed by atoms with Crippen molar-refractivity contribution >= 4 is 0 Å². The maximum atomic E-state index is 9.18. The van der Waals surface area contributed by atoms with Crippen LogP contribution in [0, 0.1) is 11.3 Å². The smallest absolute Gasteiger partial charge is 0.121 e. The molecule has 4 heteroatoms. The Kier molecular flexibility index (Phi) is 3.63. The number of aryl methyl sites for hydroxylation is 1. The van der Waals surface area contributed by atoms with Crippen molar-refractivity contribution in [3.8, 4) is 17.5 Å². The number of rotatable bonds is 4. The fraction of sp³-hybridized carbons (Fsp3) is 0.286. The van der Waals surface area contributed by atoms with E-state index < -0.39 is 0 Å². The van der Waals surface area contributed by atoms with Crippen molar-refractivity contribution in [2.75, 3.05) is 7.11 Å². The summed E-state index contributed by atoms with van der Waals surface area (Å²) in [7, 11) is 1.62. The molecule has 0 unspecified atom stereocenters. The summed E-state index contributed by atoms with van der Waals surface area (Å²) in [4.78, 5) is 4.33. The SMILES string of the molecule is CCCc1nccn1-c1cc(OC)ccc1C#N. The van der Waals surface area contributed by atoms with E-state index in [9.17, 15) is 5.26 Å². The molecule has 0 fully saturated rings. The maximum absolute atomic E-state index is 9.18. The lowest BCUT2D eigenvalue weighted by molar-refractivity contribution is 0.414. The van der Waals surface area contributed by atoms with E-state index in [2.05, 4.69) is 18.0 Å². The molecule has 0 saturated carbocycles. The molecule has 0 amide bonds. The molecule has 2 aromatic rings. The number of hydrogen-bond donors (Lipinski definition) is 0. The second kappa shape index (κ2) is 5.37. The predicted molar refractivity (Wildman–Crippen MR) is 68.8 cm³/mol. The van der Waals surface area contributed by atoms with Crippen LogP contribution in [-0.2, 0) is 6.42 Å². The third-order valence-electron chi connectivity index (χ3n) is 2.78. The molecule has 0 saturated heterocycles. The van der Waals surface area contributed by atoms with Gasteiger partial charge in [0.25, 0.3) is 0 Å². The molecular formula is C14H15N3O. The molecule has 1 aromatic carbocycles. The van der Waals surface area contributed by atoms with Crippen LogP contribution in [0.4, 0.5) is 0 Å². The van der Waals surface area contributed by atoms with Gasteiger partial charge in [0.05, 0.1) is 18.4 Å².